The zero-order valence-corrected chi connectivity index (χ0v) is 15.3. The quantitative estimate of drug-likeness (QED) is 0.644. The van der Waals surface area contributed by atoms with E-state index in [4.69, 9.17) is 5.11 Å². The third-order valence-corrected chi connectivity index (χ3v) is 4.75. The van der Waals surface area contributed by atoms with Gasteiger partial charge in [0.15, 0.2) is 5.82 Å². The second-order valence-corrected chi connectivity index (χ2v) is 6.49. The number of rotatable bonds is 4. The van der Waals surface area contributed by atoms with E-state index in [0.717, 1.165) is 16.9 Å². The largest absolute Gasteiger partial charge is 0.511 e. The molecule has 9 nitrogen and oxygen atoms in total. The molecule has 1 aromatic carbocycles. The van der Waals surface area contributed by atoms with Gasteiger partial charge in [0.2, 0.25) is 11.2 Å². The number of hydrogen-bond donors (Lipinski definition) is 3. The second-order valence-electron chi connectivity index (χ2n) is 6.49. The number of carbonyl (C=O) groups is 1. The van der Waals surface area contributed by atoms with Crippen molar-refractivity contribution in [3.8, 4) is 5.75 Å². The average Bonchev–Trinajstić information content (AvgIpc) is 2.64. The number of aliphatic hydroxyl groups is 1. The monoisotopic (exact) mass is 398 g/mol. The van der Waals surface area contributed by atoms with E-state index in [9.17, 15) is 19.1 Å². The molecule has 11 heteroatoms. The van der Waals surface area contributed by atoms with Crippen molar-refractivity contribution in [1.29, 1.82) is 0 Å². The molecule has 0 saturated carbocycles. The minimum absolute atomic E-state index is 0.253. The lowest BCUT2D eigenvalue weighted by Gasteiger charge is -2.41. The van der Waals surface area contributed by atoms with Crippen molar-refractivity contribution < 1.29 is 28.5 Å². The summed E-state index contributed by atoms with van der Waals surface area (Å²) >= 11 is 0. The number of piperazine rings is 1. The van der Waals surface area contributed by atoms with Crippen LogP contribution in [0.5, 0.6) is 5.75 Å². The fraction of sp³-hybridized carbons (Fsp3) is 0.412. The SMILES string of the molecule is CNn1cc(OC(=O)O)c(=O)c2cc(F)c(N3CCN(C)CC3CO)c(F)c21. The minimum Gasteiger partial charge on any atom is -0.449 e. The van der Waals surface area contributed by atoms with Crippen LogP contribution in [0.15, 0.2) is 17.1 Å². The van der Waals surface area contributed by atoms with E-state index < -0.39 is 35.0 Å². The predicted octanol–water partition coefficient (Wildman–Crippen LogP) is 0.623. The lowest BCUT2D eigenvalue weighted by atomic mass is 10.1. The number of halogens is 2. The molecule has 3 rings (SSSR count). The summed E-state index contributed by atoms with van der Waals surface area (Å²) < 4.78 is 35.8. The topological polar surface area (TPSA) is 107 Å². The summed E-state index contributed by atoms with van der Waals surface area (Å²) in [5.41, 5.74) is 1.04. The number of nitrogens with zero attached hydrogens (tertiary/aromatic N) is 3. The van der Waals surface area contributed by atoms with Crippen molar-refractivity contribution >= 4 is 22.7 Å². The lowest BCUT2D eigenvalue weighted by molar-refractivity contribution is 0.144. The minimum atomic E-state index is -1.72. The van der Waals surface area contributed by atoms with Crippen molar-refractivity contribution in [2.75, 3.05) is 50.7 Å². The smallest absolute Gasteiger partial charge is 0.449 e. The zero-order valence-electron chi connectivity index (χ0n) is 15.3. The van der Waals surface area contributed by atoms with Crippen LogP contribution in [0.4, 0.5) is 19.3 Å². The second kappa shape index (κ2) is 7.60. The van der Waals surface area contributed by atoms with Gasteiger partial charge in [-0.25, -0.2) is 13.6 Å². The highest BCUT2D eigenvalue weighted by atomic mass is 19.1. The van der Waals surface area contributed by atoms with E-state index in [1.807, 2.05) is 11.9 Å². The number of hydrogen-bond acceptors (Lipinski definition) is 7. The van der Waals surface area contributed by atoms with Crippen LogP contribution in [0.25, 0.3) is 10.9 Å². The van der Waals surface area contributed by atoms with Gasteiger partial charge < -0.3 is 30.2 Å². The summed E-state index contributed by atoms with van der Waals surface area (Å²) in [6, 6.07) is 0.329. The first kappa shape index (κ1) is 19.8. The van der Waals surface area contributed by atoms with Gasteiger partial charge in [0.1, 0.15) is 17.0 Å². The molecular weight excluding hydrogens is 378 g/mol. The molecule has 1 saturated heterocycles. The fourth-order valence-corrected chi connectivity index (χ4v) is 3.45. The molecule has 1 aliphatic rings. The summed E-state index contributed by atoms with van der Waals surface area (Å²) in [5.74, 6) is -2.57. The summed E-state index contributed by atoms with van der Waals surface area (Å²) in [6.07, 6.45) is -0.739. The molecule has 0 radical (unpaired) electrons. The number of anilines is 1. The Hall–Kier alpha value is -2.92. The Balaban J connectivity index is 2.25. The normalized spacial score (nSPS) is 17.8. The van der Waals surface area contributed by atoms with Crippen LogP contribution in [-0.4, -0.2) is 72.3 Å². The van der Waals surface area contributed by atoms with Crippen LogP contribution in [0.2, 0.25) is 0 Å². The first-order valence-corrected chi connectivity index (χ1v) is 8.50. The summed E-state index contributed by atoms with van der Waals surface area (Å²) in [4.78, 5) is 26.6. The van der Waals surface area contributed by atoms with Gasteiger partial charge in [0, 0.05) is 26.7 Å². The van der Waals surface area contributed by atoms with Crippen LogP contribution in [-0.2, 0) is 0 Å². The van der Waals surface area contributed by atoms with Gasteiger partial charge in [0.25, 0.3) is 0 Å². The molecule has 28 heavy (non-hydrogen) atoms. The molecule has 1 fully saturated rings. The molecular formula is C17H20F2N4O5. The third-order valence-electron chi connectivity index (χ3n) is 4.75. The molecule has 2 aromatic rings. The zero-order chi connectivity index (χ0) is 20.6. The fourth-order valence-electron chi connectivity index (χ4n) is 3.45. The van der Waals surface area contributed by atoms with Gasteiger partial charge >= 0.3 is 6.16 Å². The maximum atomic E-state index is 15.4. The van der Waals surface area contributed by atoms with Gasteiger partial charge in [0.05, 0.1) is 24.2 Å². The van der Waals surface area contributed by atoms with Crippen LogP contribution in [0.3, 0.4) is 0 Å². The third kappa shape index (κ3) is 3.34. The van der Waals surface area contributed by atoms with Gasteiger partial charge in [-0.1, -0.05) is 0 Å². The van der Waals surface area contributed by atoms with Crippen LogP contribution < -0.4 is 20.5 Å². The maximum Gasteiger partial charge on any atom is 0.511 e. The Labute approximate surface area is 158 Å². The molecule has 2 heterocycles. The van der Waals surface area contributed by atoms with E-state index in [-0.39, 0.29) is 29.7 Å². The molecule has 1 atom stereocenters. The number of benzene rings is 1. The van der Waals surface area contributed by atoms with E-state index in [2.05, 4.69) is 10.2 Å². The predicted molar refractivity (Wildman–Crippen MR) is 97.8 cm³/mol. The Morgan fingerprint density at radius 3 is 2.71 bits per heavy atom. The molecule has 152 valence electrons. The van der Waals surface area contributed by atoms with Crippen LogP contribution in [0.1, 0.15) is 0 Å². The highest BCUT2D eigenvalue weighted by Crippen LogP contribution is 2.32. The highest BCUT2D eigenvalue weighted by Gasteiger charge is 2.31. The molecule has 1 aliphatic heterocycles. The molecule has 0 spiro atoms. The van der Waals surface area contributed by atoms with Crippen molar-refractivity contribution in [3.63, 3.8) is 0 Å². The van der Waals surface area contributed by atoms with E-state index in [1.54, 1.807) is 0 Å². The van der Waals surface area contributed by atoms with Crippen LogP contribution in [0, 0.1) is 11.6 Å². The number of fused-ring (bicyclic) bond motifs is 1. The Kier molecular flexibility index (Phi) is 5.38. The van der Waals surface area contributed by atoms with E-state index >= 15 is 4.39 Å². The van der Waals surface area contributed by atoms with Crippen molar-refractivity contribution in [3.05, 3.63) is 34.1 Å². The maximum absolute atomic E-state index is 15.4. The number of carboxylic acid groups (broad SMARTS) is 1. The molecule has 1 unspecified atom stereocenters. The molecule has 0 amide bonds. The Bertz CT molecular complexity index is 980. The van der Waals surface area contributed by atoms with Crippen LogP contribution >= 0.6 is 0 Å². The molecule has 1 aromatic heterocycles. The van der Waals surface area contributed by atoms with Gasteiger partial charge in [-0.2, -0.15) is 0 Å². The lowest BCUT2D eigenvalue weighted by Crippen LogP contribution is -2.54. The van der Waals surface area contributed by atoms with Gasteiger partial charge in [-0.05, 0) is 13.1 Å². The highest BCUT2D eigenvalue weighted by molar-refractivity contribution is 5.86. The Morgan fingerprint density at radius 1 is 1.39 bits per heavy atom. The molecule has 0 aliphatic carbocycles. The molecule has 3 N–H and O–H groups in total. The van der Waals surface area contributed by atoms with Crippen molar-refractivity contribution in [2.45, 2.75) is 6.04 Å². The first-order valence-electron chi connectivity index (χ1n) is 8.50. The summed E-state index contributed by atoms with van der Waals surface area (Å²) in [7, 11) is 3.26. The summed E-state index contributed by atoms with van der Waals surface area (Å²) in [6.45, 7) is 0.936. The summed E-state index contributed by atoms with van der Waals surface area (Å²) in [5, 5.41) is 18.0. The number of nitrogens with one attached hydrogen (secondary N) is 1. The number of aliphatic hydroxyl groups excluding tert-OH is 1. The number of pyridine rings is 1. The number of aromatic nitrogens is 1. The van der Waals surface area contributed by atoms with Gasteiger partial charge in [-0.15, -0.1) is 0 Å². The van der Waals surface area contributed by atoms with E-state index in [0.29, 0.717) is 13.1 Å². The molecule has 0 bridgehead atoms. The average molecular weight is 398 g/mol. The standard InChI is InChI=1S/C17H20F2N4O5/c1-20-23-7-12(28-17(26)27)16(25)10-5-11(18)15(13(19)14(10)23)22-4-3-21(2)6-9(22)8-24/h5,7,9,20,24H,3-4,6,8H2,1-2H3,(H,26,27). The first-order chi connectivity index (χ1) is 13.3. The van der Waals surface area contributed by atoms with Crippen molar-refractivity contribution in [2.24, 2.45) is 0 Å². The number of likely N-dealkylation sites (N-methyl/N-ethyl adjacent to an activating group) is 1. The van der Waals surface area contributed by atoms with Gasteiger partial charge in [-0.3, -0.25) is 9.47 Å². The Morgan fingerprint density at radius 2 is 2.11 bits per heavy atom. The van der Waals surface area contributed by atoms with Crippen molar-refractivity contribution in [1.82, 2.24) is 9.58 Å². The van der Waals surface area contributed by atoms with E-state index in [1.165, 1.54) is 11.9 Å². The number of ether oxygens (including phenoxy) is 1.